The van der Waals surface area contributed by atoms with Gasteiger partial charge in [-0.2, -0.15) is 0 Å². The van der Waals surface area contributed by atoms with E-state index >= 15 is 0 Å². The Bertz CT molecular complexity index is 251. The van der Waals surface area contributed by atoms with E-state index in [0.717, 1.165) is 6.42 Å². The van der Waals surface area contributed by atoms with Gasteiger partial charge in [0.2, 0.25) is 0 Å². The summed E-state index contributed by atoms with van der Waals surface area (Å²) in [5.41, 5.74) is -0.479. The van der Waals surface area contributed by atoms with Crippen LogP contribution in [0.2, 0.25) is 0 Å². The van der Waals surface area contributed by atoms with E-state index in [-0.39, 0.29) is 18.3 Å². The smallest absolute Gasteiger partial charge is 0.400 e. The minimum atomic E-state index is -0.240. The highest BCUT2D eigenvalue weighted by Crippen LogP contribution is 2.36. The molecule has 0 atom stereocenters. The van der Waals surface area contributed by atoms with E-state index in [1.54, 1.807) is 0 Å². The molecule has 1 heterocycles. The second-order valence-corrected chi connectivity index (χ2v) is 4.85. The van der Waals surface area contributed by atoms with Gasteiger partial charge in [-0.05, 0) is 34.1 Å². The number of rotatable bonds is 3. The zero-order valence-corrected chi connectivity index (χ0v) is 10.4. The molecule has 1 aliphatic heterocycles. The summed E-state index contributed by atoms with van der Waals surface area (Å²) in [6, 6.07) is 0. The molecule has 0 unspecified atom stereocenters. The van der Waals surface area contributed by atoms with Crippen molar-refractivity contribution >= 4 is 7.12 Å². The maximum Gasteiger partial charge on any atom is 0.487 e. The van der Waals surface area contributed by atoms with E-state index in [9.17, 15) is 0 Å². The van der Waals surface area contributed by atoms with Crippen molar-refractivity contribution in [3.63, 3.8) is 0 Å². The molecule has 0 saturated carbocycles. The summed E-state index contributed by atoms with van der Waals surface area (Å²) < 4.78 is 11.6. The fraction of sp³-hybridized carbons (Fsp3) is 0.667. The van der Waals surface area contributed by atoms with Gasteiger partial charge < -0.3 is 9.31 Å². The lowest BCUT2D eigenvalue weighted by molar-refractivity contribution is 0.00578. The zero-order valence-electron chi connectivity index (χ0n) is 10.4. The fourth-order valence-corrected chi connectivity index (χ4v) is 1.34. The number of hydrogen-bond donors (Lipinski definition) is 0. The van der Waals surface area contributed by atoms with E-state index in [1.807, 2.05) is 18.1 Å². The molecule has 0 aromatic rings. The van der Waals surface area contributed by atoms with Crippen LogP contribution in [0.3, 0.4) is 0 Å². The molecule has 0 bridgehead atoms. The van der Waals surface area contributed by atoms with Crippen LogP contribution in [0.1, 0.15) is 41.0 Å². The first-order valence-electron chi connectivity index (χ1n) is 5.58. The average Bonchev–Trinajstić information content (AvgIpc) is 2.30. The standard InChI is InChI=1S/C12H21BO2/c1-6-7-8-9-10-13-14-11(2,3)12(4,5)15-13/h7-10H,6H2,1-5H3. The van der Waals surface area contributed by atoms with Gasteiger partial charge in [-0.1, -0.05) is 31.1 Å². The molecule has 0 N–H and O–H groups in total. The summed E-state index contributed by atoms with van der Waals surface area (Å²) in [4.78, 5) is 0. The van der Waals surface area contributed by atoms with E-state index < -0.39 is 0 Å². The molecule has 0 spiro atoms. The highest BCUT2D eigenvalue weighted by molar-refractivity contribution is 6.51. The van der Waals surface area contributed by atoms with Crippen LogP contribution in [0.4, 0.5) is 0 Å². The third kappa shape index (κ3) is 2.96. The van der Waals surface area contributed by atoms with Gasteiger partial charge in [-0.3, -0.25) is 0 Å². The maximum atomic E-state index is 5.80. The van der Waals surface area contributed by atoms with Crippen molar-refractivity contribution in [3.8, 4) is 0 Å². The number of allylic oxidation sites excluding steroid dienone is 3. The molecule has 84 valence electrons. The SMILES string of the molecule is CCC=CC=CB1OC(C)(C)C(C)(C)O1. The molecule has 2 nitrogen and oxygen atoms in total. The Labute approximate surface area is 93.5 Å². The molecule has 0 aromatic heterocycles. The van der Waals surface area contributed by atoms with Crippen LogP contribution in [0.5, 0.6) is 0 Å². The van der Waals surface area contributed by atoms with E-state index in [4.69, 9.17) is 9.31 Å². The van der Waals surface area contributed by atoms with Crippen LogP contribution in [-0.2, 0) is 9.31 Å². The lowest BCUT2D eigenvalue weighted by atomic mass is 9.90. The molecule has 15 heavy (non-hydrogen) atoms. The summed E-state index contributed by atoms with van der Waals surface area (Å²) >= 11 is 0. The van der Waals surface area contributed by atoms with Gasteiger partial charge in [0, 0.05) is 0 Å². The van der Waals surface area contributed by atoms with Crippen LogP contribution >= 0.6 is 0 Å². The molecule has 0 radical (unpaired) electrons. The van der Waals surface area contributed by atoms with Crippen LogP contribution in [0, 0.1) is 0 Å². The molecule has 1 saturated heterocycles. The van der Waals surface area contributed by atoms with Gasteiger partial charge in [-0.25, -0.2) is 0 Å². The second kappa shape index (κ2) is 4.54. The fourth-order valence-electron chi connectivity index (χ4n) is 1.34. The van der Waals surface area contributed by atoms with Crippen LogP contribution in [0.25, 0.3) is 0 Å². The van der Waals surface area contributed by atoms with Crippen LogP contribution < -0.4 is 0 Å². The van der Waals surface area contributed by atoms with Crippen molar-refractivity contribution in [1.29, 1.82) is 0 Å². The Morgan fingerprint density at radius 2 is 1.53 bits per heavy atom. The molecule has 3 heteroatoms. The van der Waals surface area contributed by atoms with E-state index in [0.29, 0.717) is 0 Å². The maximum absolute atomic E-state index is 5.80. The summed E-state index contributed by atoms with van der Waals surface area (Å²) in [7, 11) is -0.225. The zero-order chi connectivity index (χ0) is 11.5. The Hall–Kier alpha value is -0.535. The topological polar surface area (TPSA) is 18.5 Å². The second-order valence-electron chi connectivity index (χ2n) is 4.85. The predicted octanol–water partition coefficient (Wildman–Crippen LogP) is 3.14. The van der Waals surface area contributed by atoms with Crippen molar-refractivity contribution in [2.75, 3.05) is 0 Å². The molecule has 1 aliphatic rings. The average molecular weight is 208 g/mol. The van der Waals surface area contributed by atoms with Gasteiger partial charge in [0.25, 0.3) is 0 Å². The first-order chi connectivity index (χ1) is 6.89. The van der Waals surface area contributed by atoms with Crippen molar-refractivity contribution in [3.05, 3.63) is 24.2 Å². The number of hydrogen-bond acceptors (Lipinski definition) is 2. The Kier molecular flexibility index (Phi) is 3.79. The summed E-state index contributed by atoms with van der Waals surface area (Å²) in [5.74, 6) is 1.95. The third-order valence-corrected chi connectivity index (χ3v) is 3.02. The molecule has 1 fully saturated rings. The summed E-state index contributed by atoms with van der Waals surface area (Å²) in [6.45, 7) is 10.3. The normalized spacial score (nSPS) is 24.5. The molecule has 0 amide bonds. The predicted molar refractivity (Wildman–Crippen MR) is 64.7 cm³/mol. The Balaban J connectivity index is 2.56. The molecule has 0 aliphatic carbocycles. The quantitative estimate of drug-likeness (QED) is 0.524. The first-order valence-corrected chi connectivity index (χ1v) is 5.58. The summed E-state index contributed by atoms with van der Waals surface area (Å²) in [6.07, 6.45) is 7.14. The van der Waals surface area contributed by atoms with Crippen molar-refractivity contribution < 1.29 is 9.31 Å². The molecular weight excluding hydrogens is 187 g/mol. The van der Waals surface area contributed by atoms with Crippen molar-refractivity contribution in [1.82, 2.24) is 0 Å². The van der Waals surface area contributed by atoms with E-state index in [1.165, 1.54) is 0 Å². The van der Waals surface area contributed by atoms with Gasteiger partial charge in [0.15, 0.2) is 0 Å². The van der Waals surface area contributed by atoms with Crippen LogP contribution in [0.15, 0.2) is 24.2 Å². The highest BCUT2D eigenvalue weighted by atomic mass is 16.7. The molecule has 0 aromatic carbocycles. The van der Waals surface area contributed by atoms with Gasteiger partial charge in [0.1, 0.15) is 0 Å². The van der Waals surface area contributed by atoms with Crippen molar-refractivity contribution in [2.24, 2.45) is 0 Å². The summed E-state index contributed by atoms with van der Waals surface area (Å²) in [5, 5.41) is 0. The molecular formula is C12H21BO2. The first kappa shape index (κ1) is 12.5. The minimum Gasteiger partial charge on any atom is -0.400 e. The Morgan fingerprint density at radius 1 is 1.00 bits per heavy atom. The van der Waals surface area contributed by atoms with Gasteiger partial charge >= 0.3 is 7.12 Å². The van der Waals surface area contributed by atoms with Gasteiger partial charge in [0.05, 0.1) is 11.2 Å². The minimum absolute atomic E-state index is 0.225. The third-order valence-electron chi connectivity index (χ3n) is 3.02. The molecule has 1 rings (SSSR count). The van der Waals surface area contributed by atoms with E-state index in [2.05, 4.69) is 40.7 Å². The lowest BCUT2D eigenvalue weighted by Crippen LogP contribution is -2.41. The van der Waals surface area contributed by atoms with Gasteiger partial charge in [-0.15, -0.1) is 0 Å². The van der Waals surface area contributed by atoms with Crippen molar-refractivity contribution in [2.45, 2.75) is 52.2 Å². The Morgan fingerprint density at radius 3 is 2.00 bits per heavy atom. The highest BCUT2D eigenvalue weighted by Gasteiger charge is 2.49. The largest absolute Gasteiger partial charge is 0.487 e. The van der Waals surface area contributed by atoms with Crippen LogP contribution in [-0.4, -0.2) is 18.3 Å². The lowest BCUT2D eigenvalue weighted by Gasteiger charge is -2.32. The monoisotopic (exact) mass is 208 g/mol.